The number of ether oxygens (including phenoxy) is 4. The molecule has 105 heavy (non-hydrogen) atoms. The van der Waals surface area contributed by atoms with E-state index < -0.39 is 19.9 Å². The lowest BCUT2D eigenvalue weighted by Crippen LogP contribution is -2.27. The Labute approximate surface area is 615 Å². The van der Waals surface area contributed by atoms with Gasteiger partial charge in [-0.15, -0.1) is 9.73 Å². The number of unbranched alkanes of at least 4 members (excludes halogenated alkanes) is 9. The van der Waals surface area contributed by atoms with E-state index in [4.69, 9.17) is 14.2 Å². The highest BCUT2D eigenvalue weighted by Crippen LogP contribution is 2.30. The maximum atomic E-state index is 12.5. The number of hydrogen-bond donors (Lipinski definition) is 1. The first kappa shape index (κ1) is 85.1. The monoisotopic (exact) mass is 1470 g/mol. The highest BCUT2D eigenvalue weighted by molar-refractivity contribution is 7.92. The Morgan fingerprint density at radius 1 is 0.571 bits per heavy atom. The lowest BCUT2D eigenvalue weighted by Gasteiger charge is -2.20. The van der Waals surface area contributed by atoms with E-state index in [1.54, 1.807) is 49.1 Å². The Kier molecular flexibility index (Phi) is 33.3. The molecule has 0 fully saturated rings. The number of sulfonamides is 1. The van der Waals surface area contributed by atoms with E-state index in [1.807, 2.05) is 75.6 Å². The van der Waals surface area contributed by atoms with Gasteiger partial charge in [-0.2, -0.15) is 34.5 Å². The van der Waals surface area contributed by atoms with Crippen LogP contribution in [0, 0.1) is 47.9 Å². The molecule has 4 aromatic carbocycles. The van der Waals surface area contributed by atoms with Gasteiger partial charge in [0.15, 0.2) is 34.4 Å². The van der Waals surface area contributed by atoms with Crippen LogP contribution in [0.15, 0.2) is 84.9 Å². The van der Waals surface area contributed by atoms with E-state index >= 15 is 0 Å². The molecule has 0 radical (unpaired) electrons. The molecule has 6 aromatic heterocycles. The van der Waals surface area contributed by atoms with E-state index in [0.29, 0.717) is 53.7 Å². The van der Waals surface area contributed by atoms with E-state index in [0.717, 1.165) is 113 Å². The predicted octanol–water partition coefficient (Wildman–Crippen LogP) is 14.2. The Bertz CT molecular complexity index is 4620. The fraction of sp³-hybridized carbons (Fsp3) is 0.480. The van der Waals surface area contributed by atoms with Gasteiger partial charge in [-0.1, -0.05) is 128 Å². The van der Waals surface area contributed by atoms with Crippen LogP contribution in [-0.4, -0.2) is 140 Å². The van der Waals surface area contributed by atoms with E-state index in [9.17, 15) is 43.0 Å². The number of esters is 2. The third kappa shape index (κ3) is 23.8. The summed E-state index contributed by atoms with van der Waals surface area (Å²) in [6.45, 7) is 24.5. The largest absolute Gasteiger partial charge is 0.496 e. The van der Waals surface area contributed by atoms with Gasteiger partial charge in [0, 0.05) is 107 Å². The number of nitro groups is 2. The molecule has 0 aliphatic carbocycles. The molecule has 10 rings (SSSR count). The molecule has 1 N–H and O–H groups in total. The molecule has 1 amide bonds. The van der Waals surface area contributed by atoms with Crippen LogP contribution in [0.5, 0.6) is 11.5 Å². The lowest BCUT2D eigenvalue weighted by atomic mass is 10.1. The highest BCUT2D eigenvalue weighted by Gasteiger charge is 2.25. The Morgan fingerprint density at radius 3 is 1.62 bits per heavy atom. The first-order valence-corrected chi connectivity index (χ1v) is 37.3. The number of aromatic nitrogens is 12. The maximum Gasteiger partial charge on any atom is 0.343 e. The number of aryl methyl sites for hydroxylation is 11. The Hall–Kier alpha value is -10.5. The third-order valence-electron chi connectivity index (χ3n) is 17.2. The van der Waals surface area contributed by atoms with Crippen molar-refractivity contribution in [2.24, 2.45) is 21.1 Å². The molecule has 570 valence electrons. The first-order chi connectivity index (χ1) is 50.0. The van der Waals surface area contributed by atoms with Crippen LogP contribution in [0.3, 0.4) is 0 Å². The number of non-ortho nitro benzene ring substituents is 2. The number of amides is 1. The summed E-state index contributed by atoms with van der Waals surface area (Å²) in [7, 11) is 6.84. The minimum Gasteiger partial charge on any atom is -0.496 e. The van der Waals surface area contributed by atoms with Gasteiger partial charge in [-0.3, -0.25) is 34.5 Å². The summed E-state index contributed by atoms with van der Waals surface area (Å²) in [6, 6.07) is 24.6. The maximum absolute atomic E-state index is 12.5. The van der Waals surface area contributed by atoms with Crippen molar-refractivity contribution in [3.05, 3.63) is 161 Å². The van der Waals surface area contributed by atoms with Crippen LogP contribution in [0.25, 0.3) is 39.7 Å². The fourth-order valence-electron chi connectivity index (χ4n) is 11.6. The minimum atomic E-state index is -3.26. The minimum absolute atomic E-state index is 0.00888. The molecule has 0 saturated carbocycles. The van der Waals surface area contributed by atoms with Gasteiger partial charge >= 0.3 is 11.9 Å². The molecule has 6 heterocycles. The molecular formula is C75H106N16O13S. The SMILES string of the molecule is CCCCCCCCCCCCOC(=O)c1c(C)nn2c(CC)nn(C)c12.CCN(Cc1cc([N+](=O)[O-])ccc1OC)C(C)=O.CCc1c(C)nn2c(-c3ccc(C)cc3)nn(C)c12.CCc1c(C)nn2nc(-c3ccc([N+](=O)[O-])cc3)n(C)c12.CCc1ccc(OC)c(NS(C)(=O)=O)c1.COC(C)=O. The summed E-state index contributed by atoms with van der Waals surface area (Å²) in [4.78, 5) is 55.6. The quantitative estimate of drug-likeness (QED) is 0.0216. The van der Waals surface area contributed by atoms with Crippen molar-refractivity contribution in [2.45, 2.75) is 180 Å². The van der Waals surface area contributed by atoms with Crippen LogP contribution >= 0.6 is 0 Å². The van der Waals surface area contributed by atoms with Crippen molar-refractivity contribution in [3.63, 3.8) is 0 Å². The molecule has 30 heteroatoms. The van der Waals surface area contributed by atoms with Gasteiger partial charge in [0.05, 0.1) is 66.8 Å². The fourth-order valence-corrected chi connectivity index (χ4v) is 12.2. The smallest absolute Gasteiger partial charge is 0.343 e. The summed E-state index contributed by atoms with van der Waals surface area (Å²) >= 11 is 0. The first-order valence-electron chi connectivity index (χ1n) is 35.4. The van der Waals surface area contributed by atoms with Crippen LogP contribution in [0.1, 0.15) is 181 Å². The number of nitrogens with one attached hydrogen (secondary N) is 1. The number of carbonyl (C=O) groups excluding carboxylic acids is 3. The number of nitrogens with zero attached hydrogens (tertiary/aromatic N) is 15. The van der Waals surface area contributed by atoms with Gasteiger partial charge in [0.1, 0.15) is 17.1 Å². The normalized spacial score (nSPS) is 10.8. The summed E-state index contributed by atoms with van der Waals surface area (Å²) in [5.41, 5.74) is 13.9. The van der Waals surface area contributed by atoms with Crippen LogP contribution in [0.2, 0.25) is 0 Å². The average molecular weight is 1470 g/mol. The number of benzene rings is 4. The molecular weight excluding hydrogens is 1360 g/mol. The highest BCUT2D eigenvalue weighted by atomic mass is 32.2. The van der Waals surface area contributed by atoms with Crippen molar-refractivity contribution in [1.82, 2.24) is 63.1 Å². The Morgan fingerprint density at radius 2 is 1.10 bits per heavy atom. The second kappa shape index (κ2) is 41.1. The van der Waals surface area contributed by atoms with Gasteiger partial charge in [0.25, 0.3) is 11.4 Å². The van der Waals surface area contributed by atoms with Crippen molar-refractivity contribution in [3.8, 4) is 34.3 Å². The van der Waals surface area contributed by atoms with Crippen LogP contribution in [-0.2, 0) is 82.5 Å². The summed E-state index contributed by atoms with van der Waals surface area (Å²) in [6.07, 6.45) is 17.3. The molecule has 0 aliphatic rings. The number of anilines is 1. The molecule has 0 bridgehead atoms. The van der Waals surface area contributed by atoms with Gasteiger partial charge in [0.2, 0.25) is 15.9 Å². The van der Waals surface area contributed by atoms with Crippen LogP contribution in [0.4, 0.5) is 17.1 Å². The average Bonchev–Trinajstić information content (AvgIpc) is 1.62. The van der Waals surface area contributed by atoms with Gasteiger partial charge in [-0.25, -0.2) is 22.6 Å². The molecule has 0 saturated heterocycles. The van der Waals surface area contributed by atoms with E-state index in [1.165, 1.54) is 122 Å². The number of hydrogen-bond acceptors (Lipinski definition) is 19. The third-order valence-corrected chi connectivity index (χ3v) is 17.8. The summed E-state index contributed by atoms with van der Waals surface area (Å²) in [5.74, 6) is 2.95. The number of rotatable bonds is 27. The molecule has 0 aliphatic heterocycles. The lowest BCUT2D eigenvalue weighted by molar-refractivity contribution is -0.385. The molecule has 0 spiro atoms. The van der Waals surface area contributed by atoms with E-state index in [-0.39, 0.29) is 29.2 Å². The summed E-state index contributed by atoms with van der Waals surface area (Å²) < 4.78 is 55.4. The summed E-state index contributed by atoms with van der Waals surface area (Å²) in [5, 5.41) is 48.5. The van der Waals surface area contributed by atoms with Crippen molar-refractivity contribution < 1.29 is 51.6 Å². The standard InChI is InChI=1S/C21H36N4O2.C15H18N4.C14H15N5O2.C12H16N2O4.C10H15NO3S.C3H6O2/c1-5-7-8-9-10-11-12-13-14-15-16-27-21(26)19-17(3)22-25-18(6-2)23-24(4)20(19)25;1-5-13-11(3)16-19-14(17-18(4)15(13)19)12-8-6-10(2)7-9-12;1-4-12-9(2)15-18-14(12)17(3)13(16-18)10-5-7-11(8-6-10)19(20)21;1-4-13(9(2)15)8-10-7-11(14(16)17)5-6-12(10)18-3;1-4-8-5-6-10(14-2)9(7-8)11-15(3,12)13;1-3(4)5-2/h5-16H2,1-4H3;6-9H,5H2,1-4H3;5-8H,4H2,1-3H3;5-7H,4,8H2,1-3H3;5-7,11H,4H2,1-3H3;1-2H3. The van der Waals surface area contributed by atoms with Gasteiger partial charge < -0.3 is 28.4 Å². The van der Waals surface area contributed by atoms with Crippen molar-refractivity contribution in [1.29, 1.82) is 0 Å². The Balaban J connectivity index is 0.000000234. The number of carbonyl (C=O) groups is 3. The van der Waals surface area contributed by atoms with Crippen molar-refractivity contribution in [2.75, 3.05) is 45.5 Å². The van der Waals surface area contributed by atoms with Gasteiger partial charge in [-0.05, 0) is 96.2 Å². The topological polar surface area (TPSA) is 329 Å². The second-order valence-corrected chi connectivity index (χ2v) is 26.8. The predicted molar refractivity (Wildman–Crippen MR) is 408 cm³/mol. The molecule has 10 aromatic rings. The van der Waals surface area contributed by atoms with Crippen molar-refractivity contribution >= 4 is 61.9 Å². The number of nitro benzene ring substituents is 2. The zero-order valence-electron chi connectivity index (χ0n) is 64.5. The molecule has 0 unspecified atom stereocenters. The number of fused-ring (bicyclic) bond motifs is 3. The zero-order chi connectivity index (χ0) is 77.8. The van der Waals surface area contributed by atoms with E-state index in [2.05, 4.69) is 98.9 Å². The molecule has 0 atom stereocenters. The second-order valence-electron chi connectivity index (χ2n) is 25.0. The molecule has 29 nitrogen and oxygen atoms in total. The van der Waals surface area contributed by atoms with Crippen LogP contribution < -0.4 is 14.2 Å². The number of methoxy groups -OCH3 is 3. The zero-order valence-corrected chi connectivity index (χ0v) is 65.3.